The first-order chi connectivity index (χ1) is 19.2. The molecule has 206 valence electrons. The van der Waals surface area contributed by atoms with Gasteiger partial charge in [0, 0.05) is 49.5 Å². The molecule has 0 spiro atoms. The summed E-state index contributed by atoms with van der Waals surface area (Å²) in [5.74, 6) is -1.06. The lowest BCUT2D eigenvalue weighted by Crippen LogP contribution is -2.48. The molecule has 1 fully saturated rings. The topological polar surface area (TPSA) is 111 Å². The van der Waals surface area contributed by atoms with E-state index in [4.69, 9.17) is 17.3 Å². The molecular formula is C30H31ClN6O3. The fourth-order valence-electron chi connectivity index (χ4n) is 4.96. The van der Waals surface area contributed by atoms with E-state index in [0.29, 0.717) is 38.9 Å². The van der Waals surface area contributed by atoms with Crippen LogP contribution >= 0.6 is 11.6 Å². The normalized spacial score (nSPS) is 16.7. The van der Waals surface area contributed by atoms with Crippen molar-refractivity contribution in [3.05, 3.63) is 88.4 Å². The summed E-state index contributed by atoms with van der Waals surface area (Å²) in [4.78, 5) is 44.6. The second kappa shape index (κ2) is 11.5. The first-order valence-corrected chi connectivity index (χ1v) is 13.4. The van der Waals surface area contributed by atoms with E-state index in [0.717, 1.165) is 31.7 Å². The third kappa shape index (κ3) is 5.72. The number of amides is 3. The minimum Gasteiger partial charge on any atom is -0.366 e. The molecule has 5 rings (SSSR count). The van der Waals surface area contributed by atoms with Crippen LogP contribution in [0.5, 0.6) is 0 Å². The Bertz CT molecular complexity index is 1500. The molecule has 2 aliphatic heterocycles. The number of benzene rings is 3. The van der Waals surface area contributed by atoms with E-state index >= 15 is 0 Å². The van der Waals surface area contributed by atoms with E-state index in [9.17, 15) is 14.4 Å². The maximum atomic E-state index is 13.1. The van der Waals surface area contributed by atoms with Gasteiger partial charge in [0.15, 0.2) is 0 Å². The highest BCUT2D eigenvalue weighted by molar-refractivity contribution is 6.38. The Morgan fingerprint density at radius 2 is 1.75 bits per heavy atom. The van der Waals surface area contributed by atoms with E-state index in [1.54, 1.807) is 43.4 Å². The van der Waals surface area contributed by atoms with Crippen molar-refractivity contribution in [1.82, 2.24) is 9.80 Å². The third-order valence-corrected chi connectivity index (χ3v) is 7.50. The van der Waals surface area contributed by atoms with Gasteiger partial charge < -0.3 is 26.2 Å². The number of piperazine rings is 1. The molecule has 0 radical (unpaired) electrons. The van der Waals surface area contributed by atoms with E-state index in [1.165, 1.54) is 4.90 Å². The molecule has 40 heavy (non-hydrogen) atoms. The average molecular weight is 559 g/mol. The predicted octanol–water partition coefficient (Wildman–Crippen LogP) is 3.58. The molecule has 9 nitrogen and oxygen atoms in total. The SMILES string of the molecule is CN1CCN(CC(=O)N(C)c2ccc(NC(=C3C(=O)Nc4cc(Cl)ccc43)c3ccccc3)cc2C(N)=O)CC1. The molecule has 0 aliphatic carbocycles. The third-order valence-electron chi connectivity index (χ3n) is 7.26. The molecule has 3 amide bonds. The van der Waals surface area contributed by atoms with Gasteiger partial charge in [-0.1, -0.05) is 48.0 Å². The van der Waals surface area contributed by atoms with Crippen LogP contribution in [0.15, 0.2) is 66.7 Å². The Labute approximate surface area is 238 Å². The molecule has 0 unspecified atom stereocenters. The van der Waals surface area contributed by atoms with Crippen molar-refractivity contribution in [3.63, 3.8) is 0 Å². The fourth-order valence-corrected chi connectivity index (χ4v) is 5.13. The number of halogens is 1. The van der Waals surface area contributed by atoms with E-state index in [2.05, 4.69) is 27.5 Å². The summed E-state index contributed by atoms with van der Waals surface area (Å²) in [6, 6.07) is 19.7. The van der Waals surface area contributed by atoms with E-state index in [-0.39, 0.29) is 23.9 Å². The molecule has 2 heterocycles. The van der Waals surface area contributed by atoms with E-state index in [1.807, 2.05) is 30.3 Å². The monoisotopic (exact) mass is 558 g/mol. The van der Waals surface area contributed by atoms with Crippen molar-refractivity contribution in [1.29, 1.82) is 0 Å². The van der Waals surface area contributed by atoms with Crippen LogP contribution in [0, 0.1) is 0 Å². The molecule has 3 aromatic rings. The molecule has 0 aromatic heterocycles. The molecule has 2 aliphatic rings. The molecule has 0 bridgehead atoms. The van der Waals surface area contributed by atoms with Gasteiger partial charge in [0.25, 0.3) is 11.8 Å². The lowest BCUT2D eigenvalue weighted by atomic mass is 10.00. The Morgan fingerprint density at radius 1 is 1.02 bits per heavy atom. The fraction of sp³-hybridized carbons (Fsp3) is 0.233. The van der Waals surface area contributed by atoms with Crippen molar-refractivity contribution >= 4 is 57.7 Å². The van der Waals surface area contributed by atoms with Crippen molar-refractivity contribution in [2.24, 2.45) is 5.73 Å². The number of carbonyl (C=O) groups excluding carboxylic acids is 3. The summed E-state index contributed by atoms with van der Waals surface area (Å²) in [5.41, 5.74) is 10.0. The number of nitrogens with zero attached hydrogens (tertiary/aromatic N) is 3. The second-order valence-corrected chi connectivity index (χ2v) is 10.4. The first-order valence-electron chi connectivity index (χ1n) is 13.0. The predicted molar refractivity (Wildman–Crippen MR) is 159 cm³/mol. The van der Waals surface area contributed by atoms with Gasteiger partial charge in [0.1, 0.15) is 0 Å². The highest BCUT2D eigenvalue weighted by Crippen LogP contribution is 2.39. The zero-order valence-electron chi connectivity index (χ0n) is 22.4. The van der Waals surface area contributed by atoms with Crippen LogP contribution < -0.4 is 21.3 Å². The molecule has 4 N–H and O–H groups in total. The smallest absolute Gasteiger partial charge is 0.258 e. The number of hydrogen-bond donors (Lipinski definition) is 3. The highest BCUT2D eigenvalue weighted by atomic mass is 35.5. The molecule has 1 saturated heterocycles. The van der Waals surface area contributed by atoms with Crippen molar-refractivity contribution < 1.29 is 14.4 Å². The van der Waals surface area contributed by atoms with Gasteiger partial charge in [-0.3, -0.25) is 19.3 Å². The summed E-state index contributed by atoms with van der Waals surface area (Å²) in [6.07, 6.45) is 0. The first kappa shape index (κ1) is 27.4. The summed E-state index contributed by atoms with van der Waals surface area (Å²) < 4.78 is 0. The van der Waals surface area contributed by atoms with Gasteiger partial charge in [0.2, 0.25) is 5.91 Å². The van der Waals surface area contributed by atoms with Gasteiger partial charge in [-0.2, -0.15) is 0 Å². The number of nitrogens with one attached hydrogen (secondary N) is 2. The zero-order chi connectivity index (χ0) is 28.4. The quantitative estimate of drug-likeness (QED) is 0.382. The van der Waals surface area contributed by atoms with Crippen LogP contribution in [0.4, 0.5) is 17.1 Å². The Kier molecular flexibility index (Phi) is 7.88. The van der Waals surface area contributed by atoms with Crippen molar-refractivity contribution in [3.8, 4) is 0 Å². The largest absolute Gasteiger partial charge is 0.366 e. The number of rotatable bonds is 7. The van der Waals surface area contributed by atoms with Crippen LogP contribution in [0.2, 0.25) is 5.02 Å². The van der Waals surface area contributed by atoms with E-state index < -0.39 is 5.91 Å². The molecular weight excluding hydrogens is 528 g/mol. The second-order valence-electron chi connectivity index (χ2n) is 10.0. The zero-order valence-corrected chi connectivity index (χ0v) is 23.2. The number of hydrogen-bond acceptors (Lipinski definition) is 6. The van der Waals surface area contributed by atoms with Gasteiger partial charge in [-0.05, 0) is 42.9 Å². The maximum Gasteiger partial charge on any atom is 0.258 e. The van der Waals surface area contributed by atoms with Crippen molar-refractivity contribution in [2.75, 3.05) is 62.4 Å². The summed E-state index contributed by atoms with van der Waals surface area (Å²) >= 11 is 6.16. The minimum atomic E-state index is -0.662. The minimum absolute atomic E-state index is 0.127. The summed E-state index contributed by atoms with van der Waals surface area (Å²) in [7, 11) is 3.71. The number of likely N-dealkylation sites (N-methyl/N-ethyl adjacent to an activating group) is 2. The number of primary amides is 1. The Morgan fingerprint density at radius 3 is 2.45 bits per heavy atom. The standard InChI is InChI=1S/C30H31ClN6O3/c1-35-12-14-37(15-13-35)18-26(38)36(2)25-11-9-21(17-23(25)29(32)39)33-28(19-6-4-3-5-7-19)27-22-10-8-20(31)16-24(22)34-30(27)40/h3-11,16-17,33H,12-15,18H2,1-2H3,(H2,32,39)(H,34,40). The van der Waals surface area contributed by atoms with Gasteiger partial charge >= 0.3 is 0 Å². The lowest BCUT2D eigenvalue weighted by molar-refractivity contribution is -0.119. The van der Waals surface area contributed by atoms with Crippen molar-refractivity contribution in [2.45, 2.75) is 0 Å². The number of nitrogens with two attached hydrogens (primary N) is 1. The number of anilines is 3. The maximum absolute atomic E-state index is 13.1. The highest BCUT2D eigenvalue weighted by Gasteiger charge is 2.29. The van der Waals surface area contributed by atoms with Crippen LogP contribution in [0.25, 0.3) is 11.3 Å². The van der Waals surface area contributed by atoms with Gasteiger partial charge in [0.05, 0.1) is 34.8 Å². The summed E-state index contributed by atoms with van der Waals surface area (Å²) in [5, 5.41) is 6.74. The van der Waals surface area contributed by atoms with Crippen LogP contribution in [-0.4, -0.2) is 74.3 Å². The number of carbonyl (C=O) groups is 3. The van der Waals surface area contributed by atoms with Crippen LogP contribution in [0.3, 0.4) is 0 Å². The molecule has 0 atom stereocenters. The molecule has 3 aromatic carbocycles. The number of fused-ring (bicyclic) bond motifs is 1. The Hall–Kier alpha value is -4.18. The molecule has 10 heteroatoms. The van der Waals surface area contributed by atoms with Crippen LogP contribution in [0.1, 0.15) is 21.5 Å². The Balaban J connectivity index is 1.48. The average Bonchev–Trinajstić information content (AvgIpc) is 3.27. The molecule has 0 saturated carbocycles. The van der Waals surface area contributed by atoms with Gasteiger partial charge in [-0.25, -0.2) is 0 Å². The van der Waals surface area contributed by atoms with Gasteiger partial charge in [-0.15, -0.1) is 0 Å². The summed E-state index contributed by atoms with van der Waals surface area (Å²) in [6.45, 7) is 3.67. The van der Waals surface area contributed by atoms with Crippen LogP contribution in [-0.2, 0) is 9.59 Å². The lowest BCUT2D eigenvalue weighted by Gasteiger charge is -2.33.